The molecular weight excluding hydrogens is 542 g/mol. The first-order chi connectivity index (χ1) is 16.7. The van der Waals surface area contributed by atoms with Crippen molar-refractivity contribution in [1.29, 1.82) is 0 Å². The van der Waals surface area contributed by atoms with Gasteiger partial charge in [0.15, 0.2) is 5.13 Å². The van der Waals surface area contributed by atoms with Gasteiger partial charge in [0.05, 0.1) is 11.3 Å². The Morgan fingerprint density at radius 2 is 2.17 bits per heavy atom. The van der Waals surface area contributed by atoms with Crippen molar-refractivity contribution in [3.05, 3.63) is 27.9 Å². The van der Waals surface area contributed by atoms with Crippen molar-refractivity contribution in [2.45, 2.75) is 23.1 Å². The van der Waals surface area contributed by atoms with Crippen LogP contribution in [-0.4, -0.2) is 81.8 Å². The maximum absolute atomic E-state index is 12.9. The lowest BCUT2D eigenvalue weighted by molar-refractivity contribution is -0.150. The van der Waals surface area contributed by atoms with Gasteiger partial charge in [-0.2, -0.15) is 0 Å². The molecule has 1 fully saturated rings. The number of nitrogens with one attached hydrogen (secondary N) is 1. The lowest BCUT2D eigenvalue weighted by Crippen LogP contribution is -2.70. The number of nitrogens with two attached hydrogens (primary N) is 2. The monoisotopic (exact) mass is 557 g/mol. The third kappa shape index (κ3) is 4.97. The van der Waals surface area contributed by atoms with E-state index in [2.05, 4.69) is 25.8 Å². The molecule has 2 aliphatic heterocycles. The topological polar surface area (TPSA) is 212 Å². The molecule has 18 heteroatoms. The number of tetrazole rings is 1. The van der Waals surface area contributed by atoms with Gasteiger partial charge in [-0.25, -0.2) is 14.5 Å². The van der Waals surface area contributed by atoms with Gasteiger partial charge >= 0.3 is 5.97 Å². The number of rotatable bonds is 9. The highest BCUT2D eigenvalue weighted by Crippen LogP contribution is 2.41. The van der Waals surface area contributed by atoms with Crippen LogP contribution < -0.4 is 16.8 Å². The molecule has 0 spiro atoms. The summed E-state index contributed by atoms with van der Waals surface area (Å²) < 4.78 is 1.20. The molecule has 3 amide bonds. The minimum absolute atomic E-state index is 0.0337. The number of hydrogen-bond acceptors (Lipinski definition) is 12. The summed E-state index contributed by atoms with van der Waals surface area (Å²) in [6.45, 7) is -0.227. The molecule has 0 aromatic carbocycles. The number of fused-ring (bicyclic) bond motifs is 1. The molecule has 184 valence electrons. The Balaban J connectivity index is 1.47. The number of aromatic nitrogens is 5. The molecule has 4 heterocycles. The molecule has 2 aliphatic rings. The fourth-order valence-corrected chi connectivity index (χ4v) is 6.48. The molecule has 2 atom stereocenters. The summed E-state index contributed by atoms with van der Waals surface area (Å²) >= 11 is 9.34. The smallest absolute Gasteiger partial charge is 0.352 e. The summed E-state index contributed by atoms with van der Waals surface area (Å²) in [5.41, 5.74) is 12.4. The molecule has 0 aliphatic carbocycles. The number of carboxylic acids is 1. The molecule has 35 heavy (non-hydrogen) atoms. The first-order valence-electron chi connectivity index (χ1n) is 9.61. The van der Waals surface area contributed by atoms with Crippen molar-refractivity contribution in [3.63, 3.8) is 0 Å². The van der Waals surface area contributed by atoms with Gasteiger partial charge < -0.3 is 21.9 Å². The lowest BCUT2D eigenvalue weighted by Gasteiger charge is -2.49. The number of primary amides is 1. The third-order valence-corrected chi connectivity index (χ3v) is 8.14. The standard InChI is InChI=1S/C17H16ClN9O5S3/c18-1-7(8-5-34-16(20)21-8)12(29)22-10-13(30)27-11(15(31)32)6(3-33-14(10)27)4-35-17-23-24-25-26(17)2-9(19)28/h1,5,10,14H,2-4H2,(H2,19,28)(H2,20,21)(H,22,29)(H,31,32)/t10?,14-/m1/s1. The predicted molar refractivity (Wildman–Crippen MR) is 128 cm³/mol. The summed E-state index contributed by atoms with van der Waals surface area (Å²) in [5, 5.41) is 24.9. The number of nitrogen functional groups attached to an aromatic ring is 1. The first kappa shape index (κ1) is 25.0. The van der Waals surface area contributed by atoms with E-state index in [9.17, 15) is 24.3 Å². The predicted octanol–water partition coefficient (Wildman–Crippen LogP) is -0.692. The zero-order chi connectivity index (χ0) is 25.3. The largest absolute Gasteiger partial charge is 0.477 e. The molecule has 1 unspecified atom stereocenters. The van der Waals surface area contributed by atoms with Crippen molar-refractivity contribution in [2.24, 2.45) is 5.73 Å². The van der Waals surface area contributed by atoms with Gasteiger partial charge in [-0.1, -0.05) is 23.4 Å². The van der Waals surface area contributed by atoms with Crippen LogP contribution in [-0.2, 0) is 25.7 Å². The molecule has 6 N–H and O–H groups in total. The number of anilines is 1. The number of β-lactam (4-membered cyclic amide) rings is 1. The number of aliphatic carboxylic acids is 1. The second kappa shape index (κ2) is 10.2. The third-order valence-electron chi connectivity index (χ3n) is 4.87. The fraction of sp³-hybridized carbons (Fsp3) is 0.294. The van der Waals surface area contributed by atoms with Crippen LogP contribution in [0.3, 0.4) is 0 Å². The van der Waals surface area contributed by atoms with Gasteiger partial charge in [0.25, 0.3) is 11.8 Å². The number of thiazole rings is 1. The first-order valence-corrected chi connectivity index (χ1v) is 13.0. The Morgan fingerprint density at radius 3 is 2.80 bits per heavy atom. The van der Waals surface area contributed by atoms with Crippen molar-refractivity contribution >= 4 is 80.9 Å². The van der Waals surface area contributed by atoms with Crippen LogP contribution in [0.5, 0.6) is 0 Å². The lowest BCUT2D eigenvalue weighted by atomic mass is 10.0. The molecule has 0 saturated carbocycles. The number of nitrogens with zero attached hydrogens (tertiary/aromatic N) is 6. The van der Waals surface area contributed by atoms with Crippen molar-refractivity contribution < 1.29 is 24.3 Å². The summed E-state index contributed by atoms with van der Waals surface area (Å²) in [7, 11) is 0. The van der Waals surface area contributed by atoms with E-state index in [0.717, 1.165) is 33.5 Å². The van der Waals surface area contributed by atoms with Crippen molar-refractivity contribution in [1.82, 2.24) is 35.4 Å². The SMILES string of the molecule is NC(=O)Cn1nnnc1SCC1=C(C(=O)O)N2C(=O)C(NC(=O)C(=CCl)c3csc(N)n3)[C@H]2SC1. The summed E-state index contributed by atoms with van der Waals surface area (Å²) in [6, 6.07) is -0.943. The van der Waals surface area contributed by atoms with E-state index >= 15 is 0 Å². The van der Waals surface area contributed by atoms with Gasteiger partial charge in [0.2, 0.25) is 11.1 Å². The van der Waals surface area contributed by atoms with Crippen LogP contribution in [0.4, 0.5) is 5.13 Å². The van der Waals surface area contributed by atoms with Gasteiger partial charge in [-0.3, -0.25) is 19.3 Å². The molecule has 0 radical (unpaired) electrons. The fourth-order valence-electron chi connectivity index (χ4n) is 3.34. The van der Waals surface area contributed by atoms with Gasteiger partial charge in [-0.15, -0.1) is 28.2 Å². The average molecular weight is 558 g/mol. The van der Waals surface area contributed by atoms with Crippen LogP contribution in [0.2, 0.25) is 0 Å². The van der Waals surface area contributed by atoms with E-state index in [-0.39, 0.29) is 45.3 Å². The van der Waals surface area contributed by atoms with E-state index in [4.69, 9.17) is 23.1 Å². The number of thioether (sulfide) groups is 2. The quantitative estimate of drug-likeness (QED) is 0.171. The van der Waals surface area contributed by atoms with E-state index in [1.165, 1.54) is 16.4 Å². The van der Waals surface area contributed by atoms with Crippen LogP contribution in [0, 0.1) is 0 Å². The minimum Gasteiger partial charge on any atom is -0.477 e. The minimum atomic E-state index is -1.28. The van der Waals surface area contributed by atoms with E-state index in [1.807, 2.05) is 0 Å². The Hall–Kier alpha value is -3.15. The maximum atomic E-state index is 12.9. The molecule has 2 aromatic heterocycles. The van der Waals surface area contributed by atoms with Crippen LogP contribution in [0.15, 0.2) is 27.3 Å². The zero-order valence-electron chi connectivity index (χ0n) is 17.5. The van der Waals surface area contributed by atoms with Gasteiger partial charge in [-0.05, 0) is 16.0 Å². The summed E-state index contributed by atoms with van der Waals surface area (Å²) in [4.78, 5) is 53.9. The van der Waals surface area contributed by atoms with Crippen LogP contribution >= 0.6 is 46.5 Å². The molecule has 14 nitrogen and oxygen atoms in total. The second-order valence-electron chi connectivity index (χ2n) is 7.09. The number of carbonyl (C=O) groups excluding carboxylic acids is 3. The highest BCUT2D eigenvalue weighted by atomic mass is 35.5. The van der Waals surface area contributed by atoms with Crippen molar-refractivity contribution in [3.8, 4) is 0 Å². The average Bonchev–Trinajstić information content (AvgIpc) is 3.43. The highest BCUT2D eigenvalue weighted by Gasteiger charge is 2.54. The Bertz CT molecular complexity index is 1280. The molecular formula is C17H16ClN9O5S3. The number of halogens is 1. The van der Waals surface area contributed by atoms with Gasteiger partial charge in [0.1, 0.15) is 23.7 Å². The summed E-state index contributed by atoms with van der Waals surface area (Å²) in [5.74, 6) is -2.67. The molecule has 2 aromatic rings. The van der Waals surface area contributed by atoms with E-state index < -0.39 is 35.1 Å². The van der Waals surface area contributed by atoms with E-state index in [0.29, 0.717) is 5.57 Å². The normalized spacial score (nSPS) is 19.9. The number of amides is 3. The zero-order valence-corrected chi connectivity index (χ0v) is 20.7. The number of hydrogen-bond donors (Lipinski definition) is 4. The van der Waals surface area contributed by atoms with Crippen LogP contribution in [0.1, 0.15) is 5.69 Å². The Morgan fingerprint density at radius 1 is 1.40 bits per heavy atom. The molecule has 4 rings (SSSR count). The molecule has 0 bridgehead atoms. The molecule has 1 saturated heterocycles. The van der Waals surface area contributed by atoms with Crippen LogP contribution in [0.25, 0.3) is 5.57 Å². The van der Waals surface area contributed by atoms with E-state index in [1.54, 1.807) is 5.38 Å². The Kier molecular flexibility index (Phi) is 7.29. The Labute approximate surface area is 214 Å². The highest BCUT2D eigenvalue weighted by molar-refractivity contribution is 8.01. The summed E-state index contributed by atoms with van der Waals surface area (Å²) in [6.07, 6.45) is 0. The number of carbonyl (C=O) groups is 4. The second-order valence-corrected chi connectivity index (χ2v) is 10.2. The number of carboxylic acid groups (broad SMARTS) is 1. The van der Waals surface area contributed by atoms with Gasteiger partial charge in [0, 0.05) is 22.4 Å². The maximum Gasteiger partial charge on any atom is 0.352 e. The van der Waals surface area contributed by atoms with Crippen molar-refractivity contribution in [2.75, 3.05) is 17.2 Å².